The summed E-state index contributed by atoms with van der Waals surface area (Å²) in [5.74, 6) is 0. The monoisotopic (exact) mass is 261 g/mol. The second-order valence-corrected chi connectivity index (χ2v) is 5.61. The summed E-state index contributed by atoms with van der Waals surface area (Å²) in [7, 11) is 2.22. The van der Waals surface area contributed by atoms with E-state index in [9.17, 15) is 0 Å². The molecule has 0 saturated carbocycles. The summed E-state index contributed by atoms with van der Waals surface area (Å²) in [4.78, 5) is 5.01. The molecule has 1 aromatic carbocycles. The Morgan fingerprint density at radius 2 is 2.05 bits per heavy atom. The number of hydrogen-bond donors (Lipinski definition) is 1. The molecule has 1 fully saturated rings. The molecule has 1 aromatic rings. The highest BCUT2D eigenvalue weighted by molar-refractivity contribution is 5.25. The molecule has 0 amide bonds. The molecule has 3 nitrogen and oxygen atoms in total. The SMILES string of the molecule is Cc1ccccc1CN(C)CCN1CCCNCC1. The molecule has 0 bridgehead atoms. The number of hydrogen-bond acceptors (Lipinski definition) is 3. The van der Waals surface area contributed by atoms with Crippen LogP contribution in [-0.4, -0.2) is 56.1 Å². The smallest absolute Gasteiger partial charge is 0.0233 e. The molecule has 1 heterocycles. The van der Waals surface area contributed by atoms with Crippen molar-refractivity contribution in [3.63, 3.8) is 0 Å². The third kappa shape index (κ3) is 4.94. The Kier molecular flexibility index (Phi) is 5.83. The van der Waals surface area contributed by atoms with Crippen molar-refractivity contribution in [3.05, 3.63) is 35.4 Å². The third-order valence-corrected chi connectivity index (χ3v) is 3.93. The van der Waals surface area contributed by atoms with Crippen molar-refractivity contribution >= 4 is 0 Å². The lowest BCUT2D eigenvalue weighted by molar-refractivity contribution is 0.231. The number of nitrogens with zero attached hydrogens (tertiary/aromatic N) is 2. The Labute approximate surface area is 117 Å². The molecule has 106 valence electrons. The van der Waals surface area contributed by atoms with Gasteiger partial charge in [0.1, 0.15) is 0 Å². The largest absolute Gasteiger partial charge is 0.315 e. The van der Waals surface area contributed by atoms with Crippen molar-refractivity contribution < 1.29 is 0 Å². The van der Waals surface area contributed by atoms with E-state index in [1.54, 1.807) is 0 Å². The summed E-state index contributed by atoms with van der Waals surface area (Å²) in [6.07, 6.45) is 1.28. The minimum Gasteiger partial charge on any atom is -0.315 e. The molecular formula is C16H27N3. The van der Waals surface area contributed by atoms with E-state index < -0.39 is 0 Å². The predicted molar refractivity (Wildman–Crippen MR) is 81.4 cm³/mol. The molecule has 1 saturated heterocycles. The van der Waals surface area contributed by atoms with Crippen molar-refractivity contribution in [3.8, 4) is 0 Å². The van der Waals surface area contributed by atoms with Gasteiger partial charge in [0.2, 0.25) is 0 Å². The van der Waals surface area contributed by atoms with E-state index in [1.807, 2.05) is 0 Å². The van der Waals surface area contributed by atoms with Gasteiger partial charge in [-0.25, -0.2) is 0 Å². The first-order valence-corrected chi connectivity index (χ1v) is 7.42. The van der Waals surface area contributed by atoms with Crippen molar-refractivity contribution in [1.82, 2.24) is 15.1 Å². The topological polar surface area (TPSA) is 18.5 Å². The van der Waals surface area contributed by atoms with Crippen molar-refractivity contribution in [2.75, 3.05) is 46.3 Å². The molecule has 0 aromatic heterocycles. The van der Waals surface area contributed by atoms with E-state index in [0.29, 0.717) is 0 Å². The first kappa shape index (κ1) is 14.5. The second-order valence-electron chi connectivity index (χ2n) is 5.61. The van der Waals surface area contributed by atoms with Crippen LogP contribution in [0.5, 0.6) is 0 Å². The van der Waals surface area contributed by atoms with E-state index in [1.165, 1.54) is 43.7 Å². The highest BCUT2D eigenvalue weighted by Gasteiger charge is 2.09. The average molecular weight is 261 g/mol. The zero-order chi connectivity index (χ0) is 13.5. The molecule has 0 aliphatic carbocycles. The standard InChI is InChI=1S/C16H27N3/c1-15-6-3-4-7-16(15)14-18(2)12-13-19-10-5-8-17-9-11-19/h3-4,6-7,17H,5,8-14H2,1-2H3. The fourth-order valence-electron chi connectivity index (χ4n) is 2.59. The maximum Gasteiger partial charge on any atom is 0.0233 e. The minimum absolute atomic E-state index is 1.05. The van der Waals surface area contributed by atoms with Crippen LogP contribution in [0.4, 0.5) is 0 Å². The number of likely N-dealkylation sites (N-methyl/N-ethyl adjacent to an activating group) is 1. The highest BCUT2D eigenvalue weighted by Crippen LogP contribution is 2.09. The quantitative estimate of drug-likeness (QED) is 0.871. The van der Waals surface area contributed by atoms with Crippen LogP contribution in [0.2, 0.25) is 0 Å². The third-order valence-electron chi connectivity index (χ3n) is 3.93. The minimum atomic E-state index is 1.05. The maximum absolute atomic E-state index is 3.46. The second kappa shape index (κ2) is 7.63. The predicted octanol–water partition coefficient (Wildman–Crippen LogP) is 1.72. The number of rotatable bonds is 5. The lowest BCUT2D eigenvalue weighted by atomic mass is 10.1. The van der Waals surface area contributed by atoms with E-state index >= 15 is 0 Å². The van der Waals surface area contributed by atoms with Crippen LogP contribution in [-0.2, 0) is 6.54 Å². The van der Waals surface area contributed by atoms with Crippen molar-refractivity contribution in [2.24, 2.45) is 0 Å². The number of benzene rings is 1. The summed E-state index contributed by atoms with van der Waals surface area (Å²) >= 11 is 0. The zero-order valence-electron chi connectivity index (χ0n) is 12.4. The first-order valence-electron chi connectivity index (χ1n) is 7.42. The lowest BCUT2D eigenvalue weighted by Gasteiger charge is -2.24. The van der Waals surface area contributed by atoms with Crippen molar-refractivity contribution in [2.45, 2.75) is 19.9 Å². The molecule has 19 heavy (non-hydrogen) atoms. The van der Waals surface area contributed by atoms with Crippen LogP contribution in [0.3, 0.4) is 0 Å². The van der Waals surface area contributed by atoms with Crippen LogP contribution in [0.15, 0.2) is 24.3 Å². The first-order chi connectivity index (χ1) is 9.25. The molecule has 0 spiro atoms. The molecular weight excluding hydrogens is 234 g/mol. The molecule has 1 N–H and O–H groups in total. The van der Waals surface area contributed by atoms with Crippen LogP contribution in [0, 0.1) is 6.92 Å². The van der Waals surface area contributed by atoms with E-state index in [0.717, 1.165) is 19.6 Å². The fourth-order valence-corrected chi connectivity index (χ4v) is 2.59. The Morgan fingerprint density at radius 3 is 2.89 bits per heavy atom. The van der Waals surface area contributed by atoms with E-state index in [2.05, 4.69) is 53.4 Å². The summed E-state index contributed by atoms with van der Waals surface area (Å²) in [6.45, 7) is 10.3. The maximum atomic E-state index is 3.46. The molecule has 2 rings (SSSR count). The summed E-state index contributed by atoms with van der Waals surface area (Å²) < 4.78 is 0. The van der Waals surface area contributed by atoms with Crippen LogP contribution >= 0.6 is 0 Å². The Bertz CT molecular complexity index is 370. The van der Waals surface area contributed by atoms with Gasteiger partial charge >= 0.3 is 0 Å². The summed E-state index contributed by atoms with van der Waals surface area (Å²) in [5.41, 5.74) is 2.84. The zero-order valence-corrected chi connectivity index (χ0v) is 12.4. The molecule has 1 aliphatic rings. The fraction of sp³-hybridized carbons (Fsp3) is 0.625. The van der Waals surface area contributed by atoms with E-state index in [-0.39, 0.29) is 0 Å². The number of nitrogens with one attached hydrogen (secondary N) is 1. The van der Waals surface area contributed by atoms with E-state index in [4.69, 9.17) is 0 Å². The van der Waals surface area contributed by atoms with Gasteiger partial charge in [-0.3, -0.25) is 0 Å². The molecule has 0 atom stereocenters. The van der Waals surface area contributed by atoms with Gasteiger partial charge in [0.15, 0.2) is 0 Å². The van der Waals surface area contributed by atoms with Gasteiger partial charge < -0.3 is 15.1 Å². The van der Waals surface area contributed by atoms with Gasteiger partial charge in [0.05, 0.1) is 0 Å². The van der Waals surface area contributed by atoms with Crippen LogP contribution in [0.1, 0.15) is 17.5 Å². The highest BCUT2D eigenvalue weighted by atomic mass is 15.2. The lowest BCUT2D eigenvalue weighted by Crippen LogP contribution is -2.35. The average Bonchev–Trinajstić information content (AvgIpc) is 2.68. The van der Waals surface area contributed by atoms with Crippen LogP contribution in [0.25, 0.3) is 0 Å². The van der Waals surface area contributed by atoms with Gasteiger partial charge in [-0.05, 0) is 44.6 Å². The van der Waals surface area contributed by atoms with Gasteiger partial charge in [0.25, 0.3) is 0 Å². The van der Waals surface area contributed by atoms with Crippen LogP contribution < -0.4 is 5.32 Å². The van der Waals surface area contributed by atoms with Gasteiger partial charge in [-0.2, -0.15) is 0 Å². The summed E-state index contributed by atoms with van der Waals surface area (Å²) in [6, 6.07) is 8.69. The molecule has 3 heteroatoms. The van der Waals surface area contributed by atoms with Crippen molar-refractivity contribution in [1.29, 1.82) is 0 Å². The van der Waals surface area contributed by atoms with Gasteiger partial charge in [0, 0.05) is 32.7 Å². The van der Waals surface area contributed by atoms with Gasteiger partial charge in [-0.1, -0.05) is 24.3 Å². The Morgan fingerprint density at radius 1 is 1.21 bits per heavy atom. The Balaban J connectivity index is 1.75. The molecule has 1 aliphatic heterocycles. The Hall–Kier alpha value is -0.900. The normalized spacial score (nSPS) is 17.6. The molecule has 0 unspecified atom stereocenters. The summed E-state index contributed by atoms with van der Waals surface area (Å²) in [5, 5.41) is 3.46. The number of aryl methyl sites for hydroxylation is 1. The molecule has 0 radical (unpaired) electrons. The van der Waals surface area contributed by atoms with Gasteiger partial charge in [-0.15, -0.1) is 0 Å².